The molecular weight excluding hydrogens is 500 g/mol. The first-order valence-corrected chi connectivity index (χ1v) is 11.7. The van der Waals surface area contributed by atoms with Crippen molar-refractivity contribution in [2.75, 3.05) is 0 Å². The third-order valence-electron chi connectivity index (χ3n) is 5.73. The molecule has 0 bridgehead atoms. The number of nitrogens with one attached hydrogen (secondary N) is 4. The lowest BCUT2D eigenvalue weighted by Gasteiger charge is -2.25. The standard InChI is InChI=1S/C24H32N6O8/c1-11(2)20(24(37)38)30-23(36)16(7-12-10-27-15-6-4-3-5-13(12)15)29-22(35)17(9-19(32)33)28-21(34)14(25)8-18(26)31/h3-6,10-11,14,16-17,20,27H,7-9,25H2,1-2H3,(H2,26,31)(H,28,34)(H,29,35)(H,30,36)(H,32,33)(H,37,38). The molecule has 1 heterocycles. The number of hydrogen-bond acceptors (Lipinski definition) is 7. The molecule has 0 saturated carbocycles. The number of hydrogen-bond donors (Lipinski definition) is 8. The number of fused-ring (bicyclic) bond motifs is 1. The molecule has 206 valence electrons. The average Bonchev–Trinajstić information content (AvgIpc) is 3.23. The predicted octanol–water partition coefficient (Wildman–Crippen LogP) is -1.42. The van der Waals surface area contributed by atoms with E-state index in [-0.39, 0.29) is 6.42 Å². The fourth-order valence-corrected chi connectivity index (χ4v) is 3.74. The number of aromatic amines is 1. The summed E-state index contributed by atoms with van der Waals surface area (Å²) in [6.07, 6.45) is 0.158. The van der Waals surface area contributed by atoms with Crippen molar-refractivity contribution in [1.29, 1.82) is 0 Å². The van der Waals surface area contributed by atoms with E-state index in [4.69, 9.17) is 11.5 Å². The van der Waals surface area contributed by atoms with Gasteiger partial charge in [0, 0.05) is 23.5 Å². The highest BCUT2D eigenvalue weighted by Gasteiger charge is 2.33. The Hall–Kier alpha value is -4.46. The number of H-pyrrole nitrogens is 1. The second-order valence-corrected chi connectivity index (χ2v) is 9.13. The summed E-state index contributed by atoms with van der Waals surface area (Å²) in [7, 11) is 0. The summed E-state index contributed by atoms with van der Waals surface area (Å²) in [6, 6.07) is 1.50. The monoisotopic (exact) mass is 532 g/mol. The van der Waals surface area contributed by atoms with Crippen molar-refractivity contribution >= 4 is 46.5 Å². The van der Waals surface area contributed by atoms with E-state index >= 15 is 0 Å². The summed E-state index contributed by atoms with van der Waals surface area (Å²) in [5.41, 5.74) is 12.0. The van der Waals surface area contributed by atoms with Crippen LogP contribution in [0.25, 0.3) is 10.9 Å². The van der Waals surface area contributed by atoms with Crippen LogP contribution >= 0.6 is 0 Å². The minimum atomic E-state index is -1.66. The summed E-state index contributed by atoms with van der Waals surface area (Å²) < 4.78 is 0. The Morgan fingerprint density at radius 1 is 0.895 bits per heavy atom. The molecule has 2 aromatic rings. The van der Waals surface area contributed by atoms with Crippen molar-refractivity contribution in [3.63, 3.8) is 0 Å². The summed E-state index contributed by atoms with van der Waals surface area (Å²) in [5, 5.41) is 26.5. The normalized spacial score (nSPS) is 14.2. The van der Waals surface area contributed by atoms with Crippen LogP contribution < -0.4 is 27.4 Å². The van der Waals surface area contributed by atoms with Crippen LogP contribution in [0.1, 0.15) is 32.3 Å². The van der Waals surface area contributed by atoms with Gasteiger partial charge in [-0.1, -0.05) is 32.0 Å². The lowest BCUT2D eigenvalue weighted by molar-refractivity contribution is -0.144. The van der Waals surface area contributed by atoms with Gasteiger partial charge < -0.3 is 42.6 Å². The molecule has 0 aliphatic rings. The highest BCUT2D eigenvalue weighted by atomic mass is 16.4. The number of aromatic nitrogens is 1. The van der Waals surface area contributed by atoms with E-state index in [9.17, 15) is 39.0 Å². The van der Waals surface area contributed by atoms with Gasteiger partial charge in [-0.25, -0.2) is 4.79 Å². The Kier molecular flexibility index (Phi) is 10.3. The molecule has 10 N–H and O–H groups in total. The molecule has 4 amide bonds. The second kappa shape index (κ2) is 13.2. The molecular formula is C24H32N6O8. The smallest absolute Gasteiger partial charge is 0.326 e. The maximum atomic E-state index is 13.2. The molecule has 0 aliphatic heterocycles. The summed E-state index contributed by atoms with van der Waals surface area (Å²) in [5.74, 6) is -6.90. The van der Waals surface area contributed by atoms with E-state index in [2.05, 4.69) is 20.9 Å². The van der Waals surface area contributed by atoms with E-state index in [1.165, 1.54) is 0 Å². The quantitative estimate of drug-likeness (QED) is 0.142. The zero-order chi connectivity index (χ0) is 28.6. The first-order chi connectivity index (χ1) is 17.8. The number of para-hydroxylation sites is 1. The molecule has 0 fully saturated rings. The Labute approximate surface area is 217 Å². The van der Waals surface area contributed by atoms with Gasteiger partial charge in [-0.2, -0.15) is 0 Å². The van der Waals surface area contributed by atoms with Crippen LogP contribution in [0.3, 0.4) is 0 Å². The van der Waals surface area contributed by atoms with Crippen LogP contribution in [-0.2, 0) is 35.2 Å². The van der Waals surface area contributed by atoms with Crippen molar-refractivity contribution in [1.82, 2.24) is 20.9 Å². The van der Waals surface area contributed by atoms with Crippen molar-refractivity contribution in [3.05, 3.63) is 36.0 Å². The van der Waals surface area contributed by atoms with Crippen molar-refractivity contribution in [3.8, 4) is 0 Å². The number of carboxylic acid groups (broad SMARTS) is 2. The van der Waals surface area contributed by atoms with E-state index < -0.39 is 78.5 Å². The molecule has 0 radical (unpaired) electrons. The molecule has 2 rings (SSSR count). The van der Waals surface area contributed by atoms with Crippen LogP contribution in [0.2, 0.25) is 0 Å². The Balaban J connectivity index is 2.33. The Morgan fingerprint density at radius 3 is 2.08 bits per heavy atom. The molecule has 4 unspecified atom stereocenters. The van der Waals surface area contributed by atoms with Crippen LogP contribution in [0, 0.1) is 5.92 Å². The SMILES string of the molecule is CC(C)C(NC(=O)C(Cc1c[nH]c2ccccc12)NC(=O)C(CC(=O)O)NC(=O)C(N)CC(N)=O)C(=O)O. The molecule has 0 spiro atoms. The first kappa shape index (κ1) is 29.8. The van der Waals surface area contributed by atoms with Crippen molar-refractivity contribution in [2.24, 2.45) is 17.4 Å². The molecule has 14 nitrogen and oxygen atoms in total. The minimum absolute atomic E-state index is 0.0824. The fourth-order valence-electron chi connectivity index (χ4n) is 3.74. The molecule has 1 aromatic heterocycles. The summed E-state index contributed by atoms with van der Waals surface area (Å²) in [4.78, 5) is 75.7. The van der Waals surface area contributed by atoms with Gasteiger partial charge >= 0.3 is 11.9 Å². The fraction of sp³-hybridized carbons (Fsp3) is 0.417. The zero-order valence-electron chi connectivity index (χ0n) is 20.9. The number of carbonyl (C=O) groups is 6. The number of nitrogens with two attached hydrogens (primary N) is 2. The second-order valence-electron chi connectivity index (χ2n) is 9.13. The van der Waals surface area contributed by atoms with Crippen LogP contribution in [0.4, 0.5) is 0 Å². The van der Waals surface area contributed by atoms with Gasteiger partial charge in [-0.15, -0.1) is 0 Å². The van der Waals surface area contributed by atoms with E-state index in [1.807, 2.05) is 0 Å². The van der Waals surface area contributed by atoms with Crippen LogP contribution in [0.15, 0.2) is 30.5 Å². The Bertz CT molecular complexity index is 1210. The average molecular weight is 533 g/mol. The van der Waals surface area contributed by atoms with E-state index in [1.54, 1.807) is 44.3 Å². The van der Waals surface area contributed by atoms with Gasteiger partial charge in [0.15, 0.2) is 0 Å². The van der Waals surface area contributed by atoms with E-state index in [0.29, 0.717) is 5.56 Å². The topological polar surface area (TPSA) is 247 Å². The van der Waals surface area contributed by atoms with Crippen molar-refractivity contribution < 1.29 is 39.0 Å². The van der Waals surface area contributed by atoms with Crippen LogP contribution in [0.5, 0.6) is 0 Å². The van der Waals surface area contributed by atoms with Gasteiger partial charge in [0.05, 0.1) is 18.9 Å². The molecule has 0 aliphatic carbocycles. The maximum Gasteiger partial charge on any atom is 0.326 e. The first-order valence-electron chi connectivity index (χ1n) is 11.7. The number of aliphatic carboxylic acids is 2. The molecule has 38 heavy (non-hydrogen) atoms. The Morgan fingerprint density at radius 2 is 1.50 bits per heavy atom. The zero-order valence-corrected chi connectivity index (χ0v) is 20.9. The lowest BCUT2D eigenvalue weighted by Crippen LogP contribution is -2.58. The van der Waals surface area contributed by atoms with Crippen LogP contribution in [-0.4, -0.2) is 74.9 Å². The van der Waals surface area contributed by atoms with Crippen molar-refractivity contribution in [2.45, 2.75) is 57.3 Å². The lowest BCUT2D eigenvalue weighted by atomic mass is 10.0. The highest BCUT2D eigenvalue weighted by Crippen LogP contribution is 2.19. The highest BCUT2D eigenvalue weighted by molar-refractivity contribution is 5.97. The number of benzene rings is 1. The summed E-state index contributed by atoms with van der Waals surface area (Å²) >= 11 is 0. The predicted molar refractivity (Wildman–Crippen MR) is 134 cm³/mol. The maximum absolute atomic E-state index is 13.2. The van der Waals surface area contributed by atoms with Gasteiger partial charge in [0.1, 0.15) is 18.1 Å². The molecule has 4 atom stereocenters. The number of primary amides is 1. The number of rotatable bonds is 14. The number of carboxylic acids is 2. The van der Waals surface area contributed by atoms with Gasteiger partial charge in [-0.3, -0.25) is 24.0 Å². The summed E-state index contributed by atoms with van der Waals surface area (Å²) in [6.45, 7) is 3.19. The minimum Gasteiger partial charge on any atom is -0.481 e. The third kappa shape index (κ3) is 8.30. The molecule has 0 saturated heterocycles. The van der Waals surface area contributed by atoms with Gasteiger partial charge in [0.25, 0.3) is 0 Å². The molecule has 1 aromatic carbocycles. The third-order valence-corrected chi connectivity index (χ3v) is 5.73. The van der Waals surface area contributed by atoms with Gasteiger partial charge in [0.2, 0.25) is 23.6 Å². The molecule has 14 heteroatoms. The number of amides is 4. The van der Waals surface area contributed by atoms with E-state index in [0.717, 1.165) is 10.9 Å². The van der Waals surface area contributed by atoms with Gasteiger partial charge in [-0.05, 0) is 17.5 Å². The largest absolute Gasteiger partial charge is 0.481 e. The number of carbonyl (C=O) groups excluding carboxylic acids is 4.